The predicted molar refractivity (Wildman–Crippen MR) is 82.1 cm³/mol. The Balaban J connectivity index is 0.00000180. The van der Waals surface area contributed by atoms with E-state index in [-0.39, 0.29) is 27.7 Å². The second-order valence-electron chi connectivity index (χ2n) is 4.35. The van der Waals surface area contributed by atoms with E-state index in [4.69, 9.17) is 28.9 Å². The molecule has 0 aromatic carbocycles. The summed E-state index contributed by atoms with van der Waals surface area (Å²) < 4.78 is 26.8. The summed E-state index contributed by atoms with van der Waals surface area (Å²) in [5.74, 6) is 0.364. The highest BCUT2D eigenvalue weighted by molar-refractivity contribution is 7.89. The van der Waals surface area contributed by atoms with Gasteiger partial charge in [-0.15, -0.1) is 23.7 Å². The zero-order valence-electron chi connectivity index (χ0n) is 10.2. The fourth-order valence-corrected chi connectivity index (χ4v) is 5.49. The van der Waals surface area contributed by atoms with Crippen LogP contribution in [0.4, 0.5) is 0 Å². The van der Waals surface area contributed by atoms with E-state index in [2.05, 4.69) is 0 Å². The minimum Gasteiger partial charge on any atom is -0.329 e. The Bertz CT molecular complexity index is 543. The van der Waals surface area contributed by atoms with Crippen molar-refractivity contribution in [3.05, 3.63) is 14.7 Å². The van der Waals surface area contributed by atoms with Crippen molar-refractivity contribution in [1.82, 2.24) is 4.31 Å². The van der Waals surface area contributed by atoms with Crippen LogP contribution in [0.5, 0.6) is 0 Å². The molecule has 9 heteroatoms. The van der Waals surface area contributed by atoms with Gasteiger partial charge in [-0.25, -0.2) is 8.42 Å². The molecule has 19 heavy (non-hydrogen) atoms. The van der Waals surface area contributed by atoms with E-state index >= 15 is 0 Å². The molecule has 1 heterocycles. The van der Waals surface area contributed by atoms with Crippen LogP contribution in [0.1, 0.15) is 12.8 Å². The van der Waals surface area contributed by atoms with Crippen LogP contribution in [0.15, 0.2) is 11.0 Å². The zero-order valence-corrected chi connectivity index (χ0v) is 14.1. The van der Waals surface area contributed by atoms with Gasteiger partial charge in [0.15, 0.2) is 0 Å². The van der Waals surface area contributed by atoms with Gasteiger partial charge >= 0.3 is 0 Å². The quantitative estimate of drug-likeness (QED) is 0.872. The van der Waals surface area contributed by atoms with Crippen molar-refractivity contribution in [2.45, 2.75) is 23.8 Å². The van der Waals surface area contributed by atoms with Gasteiger partial charge in [0.25, 0.3) is 0 Å². The van der Waals surface area contributed by atoms with Crippen molar-refractivity contribution in [3.8, 4) is 0 Å². The van der Waals surface area contributed by atoms with E-state index in [1.54, 1.807) is 7.05 Å². The van der Waals surface area contributed by atoms with Crippen LogP contribution in [0.25, 0.3) is 0 Å². The van der Waals surface area contributed by atoms with Gasteiger partial charge in [0, 0.05) is 19.6 Å². The summed E-state index contributed by atoms with van der Waals surface area (Å²) in [5.41, 5.74) is 5.67. The molecule has 1 aromatic heterocycles. The Morgan fingerprint density at radius 3 is 2.47 bits per heavy atom. The van der Waals surface area contributed by atoms with Crippen molar-refractivity contribution >= 4 is 57.0 Å². The first-order valence-corrected chi connectivity index (χ1v) is 8.52. The van der Waals surface area contributed by atoms with Crippen LogP contribution in [-0.2, 0) is 10.0 Å². The number of hydrogen-bond donors (Lipinski definition) is 1. The van der Waals surface area contributed by atoms with E-state index < -0.39 is 10.0 Å². The second kappa shape index (κ2) is 6.47. The Hall–Kier alpha value is 0.440. The molecule has 1 aromatic rings. The summed E-state index contributed by atoms with van der Waals surface area (Å²) in [7, 11) is -2.07. The normalized spacial score (nSPS) is 17.3. The minimum absolute atomic E-state index is 0. The Morgan fingerprint density at radius 1 is 1.53 bits per heavy atom. The lowest BCUT2D eigenvalue weighted by atomic mass is 10.2. The van der Waals surface area contributed by atoms with Gasteiger partial charge in [-0.1, -0.05) is 23.2 Å². The SMILES string of the molecule is CN(C(CN)C1CC1)S(=O)(=O)c1cc(Cl)sc1Cl.Cl. The number of sulfonamides is 1. The largest absolute Gasteiger partial charge is 0.329 e. The standard InChI is InChI=1S/C10H14Cl2N2O2S2.ClH/c1-14(7(5-13)6-2-3-6)18(15,16)8-4-9(11)17-10(8)12;/h4,6-7H,2-3,5,13H2,1H3;1H. The van der Waals surface area contributed by atoms with Gasteiger partial charge in [0.1, 0.15) is 9.23 Å². The Morgan fingerprint density at radius 2 is 2.11 bits per heavy atom. The molecular weight excluding hydrogens is 351 g/mol. The maximum absolute atomic E-state index is 12.4. The Labute approximate surface area is 133 Å². The average Bonchev–Trinajstić information content (AvgIpc) is 3.05. The zero-order chi connectivity index (χ0) is 13.5. The molecule has 2 N–H and O–H groups in total. The number of thiophene rings is 1. The third kappa shape index (κ3) is 3.56. The van der Waals surface area contributed by atoms with Gasteiger partial charge in [-0.3, -0.25) is 0 Å². The molecule has 1 aliphatic rings. The van der Waals surface area contributed by atoms with Gasteiger partial charge in [-0.2, -0.15) is 4.31 Å². The fraction of sp³-hybridized carbons (Fsp3) is 0.600. The molecule has 110 valence electrons. The first kappa shape index (κ1) is 17.5. The molecule has 1 aliphatic carbocycles. The molecule has 0 amide bonds. The summed E-state index contributed by atoms with van der Waals surface area (Å²) in [6.45, 7) is 0.315. The highest BCUT2D eigenvalue weighted by atomic mass is 35.5. The Kier molecular flexibility index (Phi) is 5.96. The van der Waals surface area contributed by atoms with Crippen LogP contribution in [-0.4, -0.2) is 32.4 Å². The number of likely N-dealkylation sites (N-methyl/N-ethyl adjacent to an activating group) is 1. The smallest absolute Gasteiger partial charge is 0.245 e. The average molecular weight is 366 g/mol. The second-order valence-corrected chi connectivity index (χ2v) is 8.60. The van der Waals surface area contributed by atoms with Crippen molar-refractivity contribution in [1.29, 1.82) is 0 Å². The van der Waals surface area contributed by atoms with E-state index in [0.29, 0.717) is 16.8 Å². The topological polar surface area (TPSA) is 63.4 Å². The maximum Gasteiger partial charge on any atom is 0.245 e. The van der Waals surface area contributed by atoms with Crippen LogP contribution >= 0.6 is 46.9 Å². The van der Waals surface area contributed by atoms with Gasteiger partial charge in [0.05, 0.1) is 4.34 Å². The number of hydrogen-bond acceptors (Lipinski definition) is 4. The summed E-state index contributed by atoms with van der Waals surface area (Å²) >= 11 is 12.8. The summed E-state index contributed by atoms with van der Waals surface area (Å²) in [5, 5.41) is 0. The number of nitrogens with two attached hydrogens (primary N) is 1. The molecule has 0 bridgehead atoms. The van der Waals surface area contributed by atoms with Crippen LogP contribution in [0.2, 0.25) is 8.67 Å². The number of halogens is 3. The summed E-state index contributed by atoms with van der Waals surface area (Å²) in [6.07, 6.45) is 2.06. The van der Waals surface area contributed by atoms with Gasteiger partial charge in [-0.05, 0) is 24.8 Å². The van der Waals surface area contributed by atoms with Gasteiger partial charge in [0.2, 0.25) is 10.0 Å². The van der Waals surface area contributed by atoms with E-state index in [1.807, 2.05) is 0 Å². The van der Waals surface area contributed by atoms with Crippen molar-refractivity contribution in [3.63, 3.8) is 0 Å². The van der Waals surface area contributed by atoms with Crippen molar-refractivity contribution < 1.29 is 8.42 Å². The first-order chi connectivity index (χ1) is 8.37. The fourth-order valence-electron chi connectivity index (χ4n) is 1.95. The molecule has 4 nitrogen and oxygen atoms in total. The highest BCUT2D eigenvalue weighted by Gasteiger charge is 2.39. The third-order valence-electron chi connectivity index (χ3n) is 3.16. The van der Waals surface area contributed by atoms with Crippen molar-refractivity contribution in [2.24, 2.45) is 11.7 Å². The molecule has 0 saturated heterocycles. The summed E-state index contributed by atoms with van der Waals surface area (Å²) in [6, 6.07) is 1.23. The third-order valence-corrected chi connectivity index (χ3v) is 6.79. The molecule has 0 radical (unpaired) electrons. The molecule has 1 unspecified atom stereocenters. The van der Waals surface area contributed by atoms with E-state index in [1.165, 1.54) is 10.4 Å². The molecule has 0 aliphatic heterocycles. The van der Waals surface area contributed by atoms with Crippen molar-refractivity contribution in [2.75, 3.05) is 13.6 Å². The highest BCUT2D eigenvalue weighted by Crippen LogP contribution is 2.39. The molecule has 0 spiro atoms. The minimum atomic E-state index is -3.62. The van der Waals surface area contributed by atoms with Gasteiger partial charge < -0.3 is 5.73 Å². The number of rotatable bonds is 5. The van der Waals surface area contributed by atoms with Crippen LogP contribution in [0, 0.1) is 5.92 Å². The predicted octanol–water partition coefficient (Wildman–Crippen LogP) is 2.83. The molecule has 2 rings (SSSR count). The lowest BCUT2D eigenvalue weighted by Gasteiger charge is -2.26. The maximum atomic E-state index is 12.4. The molecule has 1 atom stereocenters. The summed E-state index contributed by atoms with van der Waals surface area (Å²) in [4.78, 5) is 0.0702. The lowest BCUT2D eigenvalue weighted by Crippen LogP contribution is -2.43. The van der Waals surface area contributed by atoms with E-state index in [9.17, 15) is 8.42 Å². The molecular formula is C10H15Cl3N2O2S2. The first-order valence-electron chi connectivity index (χ1n) is 5.51. The lowest BCUT2D eigenvalue weighted by molar-refractivity contribution is 0.340. The number of nitrogens with zero attached hydrogens (tertiary/aromatic N) is 1. The molecule has 1 fully saturated rings. The van der Waals surface area contributed by atoms with Crippen LogP contribution < -0.4 is 5.73 Å². The monoisotopic (exact) mass is 364 g/mol. The molecule has 1 saturated carbocycles. The van der Waals surface area contributed by atoms with E-state index in [0.717, 1.165) is 24.2 Å². The van der Waals surface area contributed by atoms with Crippen LogP contribution in [0.3, 0.4) is 0 Å².